The molecule has 0 radical (unpaired) electrons. The molecule has 1 aromatic heterocycles. The van der Waals surface area contributed by atoms with Gasteiger partial charge in [-0.25, -0.2) is 4.98 Å². The quantitative estimate of drug-likeness (QED) is 0.769. The third-order valence-electron chi connectivity index (χ3n) is 6.79. The van der Waals surface area contributed by atoms with E-state index in [1.54, 1.807) is 7.11 Å². The van der Waals surface area contributed by atoms with Gasteiger partial charge >= 0.3 is 0 Å². The Labute approximate surface area is 186 Å². The Balaban J connectivity index is 1.28. The fourth-order valence-corrected chi connectivity index (χ4v) is 4.76. The molecule has 1 saturated heterocycles. The average Bonchev–Trinajstić information content (AvgIpc) is 3.54. The number of carbonyl (C=O) groups excluding carboxylic acids is 2. The van der Waals surface area contributed by atoms with E-state index in [0.29, 0.717) is 55.4 Å². The number of nitrogens with one attached hydrogen (secondary N) is 1. The summed E-state index contributed by atoms with van der Waals surface area (Å²) in [6.45, 7) is 2.15. The van der Waals surface area contributed by atoms with Crippen LogP contribution in [0.15, 0.2) is 29.1 Å². The SMILES string of the molecule is COc1ccccc1CC(=O)N1CC[C@@H](c2nc3c(c(=O)[nH]2)CCN(C(=O)C2CC2)C3)C1. The molecule has 168 valence electrons. The first-order valence-corrected chi connectivity index (χ1v) is 11.3. The number of benzene rings is 1. The van der Waals surface area contributed by atoms with Crippen LogP contribution in [0.5, 0.6) is 5.75 Å². The Morgan fingerprint density at radius 3 is 2.75 bits per heavy atom. The molecule has 1 N–H and O–H groups in total. The molecule has 32 heavy (non-hydrogen) atoms. The number of hydrogen-bond donors (Lipinski definition) is 1. The number of carbonyl (C=O) groups is 2. The summed E-state index contributed by atoms with van der Waals surface area (Å²) in [5.41, 5.74) is 2.16. The molecular weight excluding hydrogens is 408 g/mol. The summed E-state index contributed by atoms with van der Waals surface area (Å²) in [5, 5.41) is 0. The summed E-state index contributed by atoms with van der Waals surface area (Å²) in [6.07, 6.45) is 3.52. The number of amides is 2. The molecular formula is C24H28N4O4. The number of H-pyrrole nitrogens is 1. The van der Waals surface area contributed by atoms with Crippen LogP contribution in [-0.2, 0) is 29.0 Å². The van der Waals surface area contributed by atoms with Crippen LogP contribution >= 0.6 is 0 Å². The van der Waals surface area contributed by atoms with Crippen LogP contribution in [0, 0.1) is 5.92 Å². The Morgan fingerprint density at radius 1 is 1.16 bits per heavy atom. The van der Waals surface area contributed by atoms with Gasteiger partial charge in [-0.15, -0.1) is 0 Å². The number of aromatic nitrogens is 2. The second kappa shape index (κ2) is 8.41. The van der Waals surface area contributed by atoms with Gasteiger partial charge < -0.3 is 19.5 Å². The van der Waals surface area contributed by atoms with E-state index in [0.717, 1.165) is 24.8 Å². The van der Waals surface area contributed by atoms with Crippen molar-refractivity contribution in [1.29, 1.82) is 0 Å². The second-order valence-corrected chi connectivity index (χ2v) is 8.97. The number of para-hydroxylation sites is 1. The van der Waals surface area contributed by atoms with Crippen LogP contribution in [0.2, 0.25) is 0 Å². The van der Waals surface area contributed by atoms with Crippen molar-refractivity contribution in [2.45, 2.75) is 44.6 Å². The molecule has 8 nitrogen and oxygen atoms in total. The number of fused-ring (bicyclic) bond motifs is 1. The standard InChI is InChI=1S/C24H28N4O4/c1-32-20-5-3-2-4-16(20)12-21(29)27-10-8-17(13-27)22-25-19-14-28(24(31)15-6-7-15)11-9-18(19)23(30)26-22/h2-5,15,17H,6-14H2,1H3,(H,25,26,30)/t17-/m1/s1. The van der Waals surface area contributed by atoms with Gasteiger partial charge in [-0.1, -0.05) is 18.2 Å². The third-order valence-corrected chi connectivity index (χ3v) is 6.79. The summed E-state index contributed by atoms with van der Waals surface area (Å²) in [6, 6.07) is 7.54. The van der Waals surface area contributed by atoms with Gasteiger partial charge in [0.2, 0.25) is 11.8 Å². The Bertz CT molecular complexity index is 1110. The van der Waals surface area contributed by atoms with Gasteiger partial charge in [0, 0.05) is 42.6 Å². The number of likely N-dealkylation sites (tertiary alicyclic amines) is 1. The molecule has 1 aliphatic carbocycles. The highest BCUT2D eigenvalue weighted by molar-refractivity contribution is 5.81. The van der Waals surface area contributed by atoms with Crippen LogP contribution in [0.1, 0.15) is 47.8 Å². The molecule has 3 aliphatic rings. The minimum atomic E-state index is -0.109. The topological polar surface area (TPSA) is 95.6 Å². The summed E-state index contributed by atoms with van der Waals surface area (Å²) in [4.78, 5) is 49.4. The van der Waals surface area contributed by atoms with Gasteiger partial charge in [-0.2, -0.15) is 0 Å². The lowest BCUT2D eigenvalue weighted by Crippen LogP contribution is -2.40. The lowest BCUT2D eigenvalue weighted by atomic mass is 10.0. The smallest absolute Gasteiger partial charge is 0.254 e. The molecule has 1 atom stereocenters. The van der Waals surface area contributed by atoms with E-state index in [4.69, 9.17) is 9.72 Å². The van der Waals surface area contributed by atoms with E-state index in [1.807, 2.05) is 34.1 Å². The Morgan fingerprint density at radius 2 is 1.97 bits per heavy atom. The van der Waals surface area contributed by atoms with Crippen molar-refractivity contribution in [3.63, 3.8) is 0 Å². The largest absolute Gasteiger partial charge is 0.496 e. The van der Waals surface area contributed by atoms with Crippen LogP contribution in [0.3, 0.4) is 0 Å². The van der Waals surface area contributed by atoms with E-state index < -0.39 is 0 Å². The van der Waals surface area contributed by atoms with Crippen LogP contribution in [0.4, 0.5) is 0 Å². The van der Waals surface area contributed by atoms with Crippen molar-refractivity contribution in [3.8, 4) is 5.75 Å². The predicted molar refractivity (Wildman–Crippen MR) is 117 cm³/mol. The minimum Gasteiger partial charge on any atom is -0.496 e. The molecule has 2 amide bonds. The van der Waals surface area contributed by atoms with Crippen molar-refractivity contribution in [2.75, 3.05) is 26.7 Å². The van der Waals surface area contributed by atoms with Gasteiger partial charge in [-0.3, -0.25) is 14.4 Å². The van der Waals surface area contributed by atoms with Crippen molar-refractivity contribution in [3.05, 3.63) is 57.3 Å². The normalized spacial score (nSPS) is 20.2. The van der Waals surface area contributed by atoms with Crippen LogP contribution in [-0.4, -0.2) is 58.3 Å². The molecule has 0 bridgehead atoms. The van der Waals surface area contributed by atoms with E-state index >= 15 is 0 Å². The van der Waals surface area contributed by atoms with E-state index in [9.17, 15) is 14.4 Å². The second-order valence-electron chi connectivity index (χ2n) is 8.97. The fraction of sp³-hybridized carbons (Fsp3) is 0.500. The monoisotopic (exact) mass is 436 g/mol. The predicted octanol–water partition coefficient (Wildman–Crippen LogP) is 1.63. The van der Waals surface area contributed by atoms with Crippen molar-refractivity contribution < 1.29 is 14.3 Å². The number of aromatic amines is 1. The molecule has 3 heterocycles. The highest BCUT2D eigenvalue weighted by Gasteiger charge is 2.36. The van der Waals surface area contributed by atoms with E-state index in [2.05, 4.69) is 4.98 Å². The fourth-order valence-electron chi connectivity index (χ4n) is 4.76. The minimum absolute atomic E-state index is 0.0101. The zero-order chi connectivity index (χ0) is 22.2. The van der Waals surface area contributed by atoms with Crippen molar-refractivity contribution in [1.82, 2.24) is 19.8 Å². The first kappa shape index (κ1) is 20.7. The summed E-state index contributed by atoms with van der Waals surface area (Å²) in [5.74, 6) is 1.72. The first-order chi connectivity index (χ1) is 15.5. The lowest BCUT2D eigenvalue weighted by Gasteiger charge is -2.28. The van der Waals surface area contributed by atoms with Crippen LogP contribution < -0.4 is 10.3 Å². The number of hydrogen-bond acceptors (Lipinski definition) is 5. The molecule has 0 spiro atoms. The zero-order valence-corrected chi connectivity index (χ0v) is 18.3. The summed E-state index contributed by atoms with van der Waals surface area (Å²) in [7, 11) is 1.60. The Hall–Kier alpha value is -3.16. The average molecular weight is 437 g/mol. The summed E-state index contributed by atoms with van der Waals surface area (Å²) >= 11 is 0. The first-order valence-electron chi connectivity index (χ1n) is 11.3. The van der Waals surface area contributed by atoms with Gasteiger partial charge in [0.25, 0.3) is 5.56 Å². The molecule has 5 rings (SSSR count). The lowest BCUT2D eigenvalue weighted by molar-refractivity contribution is -0.133. The molecule has 8 heteroatoms. The van der Waals surface area contributed by atoms with Gasteiger partial charge in [0.15, 0.2) is 0 Å². The van der Waals surface area contributed by atoms with Crippen molar-refractivity contribution >= 4 is 11.8 Å². The van der Waals surface area contributed by atoms with E-state index in [-0.39, 0.29) is 35.6 Å². The maximum absolute atomic E-state index is 12.9. The number of methoxy groups -OCH3 is 1. The van der Waals surface area contributed by atoms with E-state index in [1.165, 1.54) is 0 Å². The van der Waals surface area contributed by atoms with Gasteiger partial charge in [0.1, 0.15) is 11.6 Å². The highest BCUT2D eigenvalue weighted by Crippen LogP contribution is 2.33. The highest BCUT2D eigenvalue weighted by atomic mass is 16.5. The van der Waals surface area contributed by atoms with Crippen molar-refractivity contribution in [2.24, 2.45) is 5.92 Å². The Kier molecular flexibility index (Phi) is 5.45. The maximum Gasteiger partial charge on any atom is 0.254 e. The molecule has 2 aromatic rings. The van der Waals surface area contributed by atoms with Gasteiger partial charge in [0.05, 0.1) is 25.8 Å². The van der Waals surface area contributed by atoms with Crippen LogP contribution in [0.25, 0.3) is 0 Å². The number of ether oxygens (including phenoxy) is 1. The molecule has 1 saturated carbocycles. The molecule has 0 unspecified atom stereocenters. The molecule has 2 fully saturated rings. The maximum atomic E-state index is 12.9. The molecule has 2 aliphatic heterocycles. The molecule has 1 aromatic carbocycles. The summed E-state index contributed by atoms with van der Waals surface area (Å²) < 4.78 is 5.36. The third kappa shape index (κ3) is 4.01. The van der Waals surface area contributed by atoms with Gasteiger partial charge in [-0.05, 0) is 31.7 Å². The number of nitrogens with zero attached hydrogens (tertiary/aromatic N) is 3. The zero-order valence-electron chi connectivity index (χ0n) is 18.3. The number of rotatable bonds is 5.